The van der Waals surface area contributed by atoms with Crippen LogP contribution in [0.5, 0.6) is 0 Å². The van der Waals surface area contributed by atoms with Crippen molar-refractivity contribution in [2.24, 2.45) is 0 Å². The number of nitrogens with zero attached hydrogens (tertiary/aromatic N) is 1. The molecule has 12 heteroatoms. The standard InChI is InChI=1S/C61H122NO10P/c1-5-9-13-17-23-31-44-58(45-32-24-18-14-10-6-2)71-60(65)48-35-27-21-29-41-55-68-73(67,70-57-43-52-62(50-37-39-53-63)51-38-40-54-64)69-56-42-30-22-28-36-49-61(66)72-59(46-33-25-19-15-11-7-3)47-34-26-20-16-12-8-4/h58-59,63-64H,5-57H2,1-4H3. The third-order valence-electron chi connectivity index (χ3n) is 14.3. The predicted octanol–water partition coefficient (Wildman–Crippen LogP) is 17.9. The molecule has 0 saturated carbocycles. The van der Waals surface area contributed by atoms with E-state index in [2.05, 4.69) is 32.6 Å². The number of hydrogen-bond donors (Lipinski definition) is 2. The van der Waals surface area contributed by atoms with Crippen LogP contribution >= 0.6 is 7.82 Å². The number of esters is 2. The van der Waals surface area contributed by atoms with E-state index in [0.29, 0.717) is 19.3 Å². The fourth-order valence-electron chi connectivity index (χ4n) is 9.59. The van der Waals surface area contributed by atoms with Gasteiger partial charge in [-0.1, -0.05) is 195 Å². The maximum Gasteiger partial charge on any atom is 0.474 e. The first-order chi connectivity index (χ1) is 35.8. The van der Waals surface area contributed by atoms with Crippen LogP contribution in [0.3, 0.4) is 0 Å². The van der Waals surface area contributed by atoms with Crippen LogP contribution in [0.1, 0.15) is 317 Å². The minimum Gasteiger partial charge on any atom is -0.462 e. The molecule has 0 aromatic rings. The van der Waals surface area contributed by atoms with E-state index in [1.807, 2.05) is 0 Å². The summed E-state index contributed by atoms with van der Waals surface area (Å²) in [4.78, 5) is 28.1. The van der Waals surface area contributed by atoms with E-state index >= 15 is 0 Å². The molecule has 0 aliphatic rings. The lowest BCUT2D eigenvalue weighted by Gasteiger charge is -2.23. The molecular formula is C61H122NO10P. The Bertz CT molecular complexity index is 1080. The van der Waals surface area contributed by atoms with E-state index in [9.17, 15) is 24.4 Å². The van der Waals surface area contributed by atoms with Gasteiger partial charge in [-0.3, -0.25) is 23.2 Å². The zero-order valence-electron chi connectivity index (χ0n) is 48.7. The number of aliphatic hydroxyl groups is 2. The van der Waals surface area contributed by atoms with E-state index in [1.165, 1.54) is 128 Å². The van der Waals surface area contributed by atoms with Crippen LogP contribution in [0.15, 0.2) is 0 Å². The first-order valence-corrected chi connectivity index (χ1v) is 33.1. The van der Waals surface area contributed by atoms with Gasteiger partial charge < -0.3 is 24.6 Å². The highest BCUT2D eigenvalue weighted by Gasteiger charge is 2.26. The fraction of sp³-hybridized carbons (Fsp3) is 0.967. The Morgan fingerprint density at radius 2 is 0.630 bits per heavy atom. The quantitative estimate of drug-likeness (QED) is 0.0342. The second kappa shape index (κ2) is 57.1. The van der Waals surface area contributed by atoms with Gasteiger partial charge in [0, 0.05) is 32.6 Å². The highest BCUT2D eigenvalue weighted by atomic mass is 31.2. The summed E-state index contributed by atoms with van der Waals surface area (Å²) < 4.78 is 43.8. The smallest absolute Gasteiger partial charge is 0.462 e. The second-order valence-electron chi connectivity index (χ2n) is 21.5. The van der Waals surface area contributed by atoms with Gasteiger partial charge in [0.2, 0.25) is 0 Å². The third-order valence-corrected chi connectivity index (χ3v) is 15.8. The van der Waals surface area contributed by atoms with Crippen molar-refractivity contribution in [3.63, 3.8) is 0 Å². The molecule has 0 heterocycles. The zero-order valence-corrected chi connectivity index (χ0v) is 49.6. The van der Waals surface area contributed by atoms with Crippen molar-refractivity contribution in [2.75, 3.05) is 52.7 Å². The lowest BCUT2D eigenvalue weighted by atomic mass is 10.0. The molecule has 0 aromatic heterocycles. The number of unbranched alkanes of at least 4 members (excludes halogenated alkanes) is 30. The Morgan fingerprint density at radius 1 is 0.356 bits per heavy atom. The van der Waals surface area contributed by atoms with Gasteiger partial charge >= 0.3 is 19.8 Å². The first kappa shape index (κ1) is 71.9. The molecule has 0 atom stereocenters. The highest BCUT2D eigenvalue weighted by Crippen LogP contribution is 2.50. The molecular weight excluding hydrogens is 938 g/mol. The average molecular weight is 1060 g/mol. The fourth-order valence-corrected chi connectivity index (χ4v) is 10.9. The highest BCUT2D eigenvalue weighted by molar-refractivity contribution is 7.48. The predicted molar refractivity (Wildman–Crippen MR) is 306 cm³/mol. The van der Waals surface area contributed by atoms with E-state index in [4.69, 9.17) is 23.0 Å². The molecule has 0 aromatic carbocycles. The number of ether oxygens (including phenoxy) is 2. The van der Waals surface area contributed by atoms with E-state index in [-0.39, 0.29) is 57.2 Å². The minimum absolute atomic E-state index is 0.0502. The average Bonchev–Trinajstić information content (AvgIpc) is 3.38. The molecule has 0 fully saturated rings. The topological polar surface area (TPSA) is 141 Å². The molecule has 73 heavy (non-hydrogen) atoms. The minimum atomic E-state index is -3.78. The molecule has 436 valence electrons. The number of rotatable bonds is 61. The lowest BCUT2D eigenvalue weighted by Crippen LogP contribution is -2.28. The molecule has 0 aliphatic carbocycles. The molecule has 0 rings (SSSR count). The Hall–Kier alpha value is -1.07. The summed E-state index contributed by atoms with van der Waals surface area (Å²) in [6, 6.07) is 0. The Morgan fingerprint density at radius 3 is 0.959 bits per heavy atom. The van der Waals surface area contributed by atoms with Crippen LogP contribution in [-0.2, 0) is 37.2 Å². The molecule has 0 unspecified atom stereocenters. The summed E-state index contributed by atoms with van der Waals surface area (Å²) in [6.45, 7) is 12.6. The van der Waals surface area contributed by atoms with E-state index < -0.39 is 7.82 Å². The zero-order chi connectivity index (χ0) is 53.4. The molecule has 0 spiro atoms. The number of carbonyl (C=O) groups excluding carboxylic acids is 2. The molecule has 0 saturated heterocycles. The third kappa shape index (κ3) is 51.5. The maximum atomic E-state index is 13.9. The van der Waals surface area contributed by atoms with Gasteiger partial charge in [0.05, 0.1) is 19.8 Å². The second-order valence-corrected chi connectivity index (χ2v) is 23.2. The summed E-state index contributed by atoms with van der Waals surface area (Å²) in [6.07, 6.45) is 47.6. The largest absolute Gasteiger partial charge is 0.474 e. The van der Waals surface area contributed by atoms with Gasteiger partial charge in [-0.05, 0) is 122 Å². The van der Waals surface area contributed by atoms with Crippen LogP contribution in [0.25, 0.3) is 0 Å². The van der Waals surface area contributed by atoms with Crippen LogP contribution in [-0.4, -0.2) is 91.9 Å². The summed E-state index contributed by atoms with van der Waals surface area (Å²) >= 11 is 0. The number of hydrogen-bond acceptors (Lipinski definition) is 11. The summed E-state index contributed by atoms with van der Waals surface area (Å²) in [7, 11) is -3.78. The van der Waals surface area contributed by atoms with Crippen LogP contribution in [0.4, 0.5) is 0 Å². The van der Waals surface area contributed by atoms with Crippen molar-refractivity contribution in [1.82, 2.24) is 4.90 Å². The van der Waals surface area contributed by atoms with E-state index in [0.717, 1.165) is 161 Å². The van der Waals surface area contributed by atoms with Gasteiger partial charge in [-0.15, -0.1) is 0 Å². The van der Waals surface area contributed by atoms with Crippen LogP contribution in [0, 0.1) is 0 Å². The van der Waals surface area contributed by atoms with Gasteiger partial charge in [0.15, 0.2) is 0 Å². The molecule has 11 nitrogen and oxygen atoms in total. The summed E-state index contributed by atoms with van der Waals surface area (Å²) in [5.74, 6) is -0.111. The molecule has 0 bridgehead atoms. The summed E-state index contributed by atoms with van der Waals surface area (Å²) in [5.41, 5.74) is 0. The van der Waals surface area contributed by atoms with Crippen molar-refractivity contribution in [3.8, 4) is 0 Å². The van der Waals surface area contributed by atoms with Gasteiger partial charge in [0.25, 0.3) is 0 Å². The van der Waals surface area contributed by atoms with Crippen molar-refractivity contribution >= 4 is 19.8 Å². The Kier molecular flexibility index (Phi) is 56.3. The molecule has 2 N–H and O–H groups in total. The normalized spacial score (nSPS) is 12.0. The maximum absolute atomic E-state index is 13.9. The van der Waals surface area contributed by atoms with Crippen molar-refractivity contribution in [3.05, 3.63) is 0 Å². The van der Waals surface area contributed by atoms with Crippen molar-refractivity contribution in [2.45, 2.75) is 329 Å². The summed E-state index contributed by atoms with van der Waals surface area (Å²) in [5, 5.41) is 18.6. The number of carbonyl (C=O) groups is 2. The SMILES string of the molecule is CCCCCCCCC(CCCCCCCC)OC(=O)CCCCCCCOP(=O)(OCCCCCCCC(=O)OC(CCCCCCCC)CCCCCCCC)OCCCN(CCCCO)CCCCO. The lowest BCUT2D eigenvalue weighted by molar-refractivity contribution is -0.151. The van der Waals surface area contributed by atoms with Crippen LogP contribution in [0.2, 0.25) is 0 Å². The monoisotopic (exact) mass is 1060 g/mol. The number of phosphoric acid groups is 1. The Balaban J connectivity index is 4.95. The van der Waals surface area contributed by atoms with Gasteiger partial charge in [0.1, 0.15) is 12.2 Å². The molecule has 0 aliphatic heterocycles. The number of phosphoric ester groups is 1. The van der Waals surface area contributed by atoms with E-state index in [1.54, 1.807) is 0 Å². The van der Waals surface area contributed by atoms with Crippen LogP contribution < -0.4 is 0 Å². The van der Waals surface area contributed by atoms with Crippen molar-refractivity contribution in [1.29, 1.82) is 0 Å². The van der Waals surface area contributed by atoms with Crippen molar-refractivity contribution < 1.29 is 47.4 Å². The number of aliphatic hydroxyl groups excluding tert-OH is 2. The van der Waals surface area contributed by atoms with Gasteiger partial charge in [-0.2, -0.15) is 0 Å². The first-order valence-electron chi connectivity index (χ1n) is 31.6. The molecule has 0 amide bonds. The molecule has 0 radical (unpaired) electrons. The Labute approximate surface area is 451 Å². The van der Waals surface area contributed by atoms with Gasteiger partial charge in [-0.25, -0.2) is 4.57 Å².